The third-order valence-corrected chi connectivity index (χ3v) is 6.60. The first-order valence-corrected chi connectivity index (χ1v) is 8.76. The predicted octanol–water partition coefficient (Wildman–Crippen LogP) is 3.61. The number of aliphatic imine (C=N–C) groups is 1. The molecule has 19 heavy (non-hydrogen) atoms. The van der Waals surface area contributed by atoms with Crippen molar-refractivity contribution in [3.8, 4) is 0 Å². The maximum atomic E-state index is 5.89. The Bertz CT molecular complexity index is 454. The van der Waals surface area contributed by atoms with E-state index in [2.05, 4.69) is 37.3 Å². The van der Waals surface area contributed by atoms with Crippen molar-refractivity contribution in [3.05, 3.63) is 35.9 Å². The van der Waals surface area contributed by atoms with Gasteiger partial charge in [0.1, 0.15) is 10.7 Å². The van der Waals surface area contributed by atoms with Crippen LogP contribution in [0.1, 0.15) is 18.9 Å². The largest absolute Gasteiger partial charge is 0.477 e. The van der Waals surface area contributed by atoms with Crippen LogP contribution < -0.4 is 0 Å². The van der Waals surface area contributed by atoms with E-state index in [0.29, 0.717) is 0 Å². The van der Waals surface area contributed by atoms with Gasteiger partial charge in [-0.25, -0.2) is 4.99 Å². The summed E-state index contributed by atoms with van der Waals surface area (Å²) >= 11 is 3.96. The van der Waals surface area contributed by atoms with Crippen molar-refractivity contribution < 1.29 is 4.74 Å². The lowest BCUT2D eigenvalue weighted by molar-refractivity contribution is 0.309. The maximum Gasteiger partial charge on any atom is 0.210 e. The molecule has 0 saturated carbocycles. The summed E-state index contributed by atoms with van der Waals surface area (Å²) in [4.78, 5) is 4.83. The molecule has 2 heterocycles. The van der Waals surface area contributed by atoms with Gasteiger partial charge in [-0.1, -0.05) is 30.3 Å². The number of hydrogen-bond donors (Lipinski definition) is 0. The molecule has 1 saturated heterocycles. The van der Waals surface area contributed by atoms with Crippen LogP contribution >= 0.6 is 23.5 Å². The van der Waals surface area contributed by atoms with Gasteiger partial charge in [-0.15, -0.1) is 23.5 Å². The van der Waals surface area contributed by atoms with E-state index >= 15 is 0 Å². The third kappa shape index (κ3) is 3.11. The molecule has 2 aliphatic heterocycles. The minimum atomic E-state index is 0.0453. The first-order valence-electron chi connectivity index (χ1n) is 6.79. The van der Waals surface area contributed by atoms with E-state index < -0.39 is 0 Å². The summed E-state index contributed by atoms with van der Waals surface area (Å²) < 4.78 is 5.93. The number of hydrogen-bond acceptors (Lipinski definition) is 4. The second-order valence-corrected chi connectivity index (χ2v) is 8.37. The molecular weight excluding hydrogens is 274 g/mol. The Morgan fingerprint density at radius 3 is 2.74 bits per heavy atom. The standard InChI is InChI=1S/C15H19NOS2/c1-15(18-8-5-9-19-15)14-16-13(11-17-14)10-12-6-3-2-4-7-12/h2-4,6-7,13H,5,8-11H2,1H3/t13-/m0/s1. The molecule has 0 amide bonds. The smallest absolute Gasteiger partial charge is 0.210 e. The average Bonchev–Trinajstić information content (AvgIpc) is 2.90. The molecule has 1 aromatic rings. The first kappa shape index (κ1) is 13.4. The van der Waals surface area contributed by atoms with E-state index in [-0.39, 0.29) is 10.1 Å². The number of benzene rings is 1. The molecule has 0 aliphatic carbocycles. The van der Waals surface area contributed by atoms with Gasteiger partial charge in [0.25, 0.3) is 0 Å². The van der Waals surface area contributed by atoms with Gasteiger partial charge in [0.15, 0.2) is 0 Å². The Labute approximate surface area is 123 Å². The van der Waals surface area contributed by atoms with Crippen molar-refractivity contribution in [2.45, 2.75) is 29.9 Å². The molecule has 0 spiro atoms. The molecule has 1 aromatic carbocycles. The van der Waals surface area contributed by atoms with Gasteiger partial charge < -0.3 is 4.74 Å². The quantitative estimate of drug-likeness (QED) is 0.849. The van der Waals surface area contributed by atoms with Crippen LogP contribution in [-0.4, -0.2) is 34.1 Å². The summed E-state index contributed by atoms with van der Waals surface area (Å²) in [6.07, 6.45) is 2.28. The molecule has 0 unspecified atom stereocenters. The zero-order chi connectivity index (χ0) is 13.1. The maximum absolute atomic E-state index is 5.89. The van der Waals surface area contributed by atoms with E-state index in [0.717, 1.165) is 18.9 Å². The Balaban J connectivity index is 1.67. The van der Waals surface area contributed by atoms with Crippen molar-refractivity contribution in [2.75, 3.05) is 18.1 Å². The fourth-order valence-electron chi connectivity index (χ4n) is 2.41. The van der Waals surface area contributed by atoms with Crippen LogP contribution in [0.4, 0.5) is 0 Å². The van der Waals surface area contributed by atoms with Crippen LogP contribution in [0, 0.1) is 0 Å². The third-order valence-electron chi connectivity index (χ3n) is 3.46. The summed E-state index contributed by atoms with van der Waals surface area (Å²) in [7, 11) is 0. The van der Waals surface area contributed by atoms with Crippen LogP contribution in [0.2, 0.25) is 0 Å². The van der Waals surface area contributed by atoms with E-state index in [1.807, 2.05) is 23.5 Å². The molecule has 0 aromatic heterocycles. The monoisotopic (exact) mass is 293 g/mol. The molecule has 1 fully saturated rings. The molecule has 3 rings (SSSR count). The fourth-order valence-corrected chi connectivity index (χ4v) is 5.26. The number of ether oxygens (including phenoxy) is 1. The molecule has 4 heteroatoms. The van der Waals surface area contributed by atoms with E-state index in [1.54, 1.807) is 0 Å². The lowest BCUT2D eigenvalue weighted by Crippen LogP contribution is -2.31. The Kier molecular flexibility index (Phi) is 4.08. The van der Waals surface area contributed by atoms with Crippen molar-refractivity contribution in [1.82, 2.24) is 0 Å². The Morgan fingerprint density at radius 2 is 2.00 bits per heavy atom. The molecule has 0 bridgehead atoms. The van der Waals surface area contributed by atoms with E-state index in [9.17, 15) is 0 Å². The second kappa shape index (κ2) is 5.80. The van der Waals surface area contributed by atoms with Crippen LogP contribution in [-0.2, 0) is 11.2 Å². The van der Waals surface area contributed by atoms with E-state index in [1.165, 1.54) is 23.5 Å². The highest BCUT2D eigenvalue weighted by Gasteiger charge is 2.39. The molecule has 2 nitrogen and oxygen atoms in total. The lowest BCUT2D eigenvalue weighted by atomic mass is 10.1. The SMILES string of the molecule is CC1(C2=N[C@@H](Cc3ccccc3)CO2)SCCCS1. The van der Waals surface area contributed by atoms with E-state index in [4.69, 9.17) is 9.73 Å². The van der Waals surface area contributed by atoms with Gasteiger partial charge in [0.2, 0.25) is 5.90 Å². The van der Waals surface area contributed by atoms with Crippen LogP contribution in [0.5, 0.6) is 0 Å². The highest BCUT2D eigenvalue weighted by Crippen LogP contribution is 2.44. The van der Waals surface area contributed by atoms with Gasteiger partial charge in [-0.05, 0) is 36.8 Å². The summed E-state index contributed by atoms with van der Waals surface area (Å²) in [5.74, 6) is 3.40. The zero-order valence-corrected chi connectivity index (χ0v) is 12.8. The van der Waals surface area contributed by atoms with Gasteiger partial charge in [0.05, 0.1) is 6.04 Å². The summed E-state index contributed by atoms with van der Waals surface area (Å²) in [5.41, 5.74) is 1.34. The van der Waals surface area contributed by atoms with Crippen molar-refractivity contribution in [3.63, 3.8) is 0 Å². The van der Waals surface area contributed by atoms with Crippen LogP contribution in [0.25, 0.3) is 0 Å². The van der Waals surface area contributed by atoms with Gasteiger partial charge >= 0.3 is 0 Å². The summed E-state index contributed by atoms with van der Waals surface area (Å²) in [5, 5.41) is 0. The van der Waals surface area contributed by atoms with Gasteiger partial charge in [0, 0.05) is 0 Å². The molecule has 102 valence electrons. The number of thioether (sulfide) groups is 2. The number of rotatable bonds is 3. The van der Waals surface area contributed by atoms with Crippen molar-refractivity contribution >= 4 is 29.4 Å². The normalized spacial score (nSPS) is 25.7. The minimum absolute atomic E-state index is 0.0453. The topological polar surface area (TPSA) is 21.6 Å². The molecule has 0 radical (unpaired) electrons. The second-order valence-electron chi connectivity index (χ2n) is 5.08. The minimum Gasteiger partial charge on any atom is -0.477 e. The Morgan fingerprint density at radius 1 is 1.26 bits per heavy atom. The zero-order valence-electron chi connectivity index (χ0n) is 11.2. The lowest BCUT2D eigenvalue weighted by Gasteiger charge is -2.31. The summed E-state index contributed by atoms with van der Waals surface area (Å²) in [6.45, 7) is 2.99. The van der Waals surface area contributed by atoms with Crippen molar-refractivity contribution in [2.24, 2.45) is 4.99 Å². The highest BCUT2D eigenvalue weighted by molar-refractivity contribution is 8.19. The summed E-state index contributed by atoms with van der Waals surface area (Å²) in [6, 6.07) is 10.9. The number of nitrogens with zero attached hydrogens (tertiary/aromatic N) is 1. The van der Waals surface area contributed by atoms with Crippen LogP contribution in [0.15, 0.2) is 35.3 Å². The van der Waals surface area contributed by atoms with Gasteiger partial charge in [-0.2, -0.15) is 0 Å². The first-order chi connectivity index (χ1) is 9.26. The molecule has 2 aliphatic rings. The highest BCUT2D eigenvalue weighted by atomic mass is 32.2. The predicted molar refractivity (Wildman–Crippen MR) is 85.3 cm³/mol. The average molecular weight is 293 g/mol. The Hall–Kier alpha value is -0.610. The fraction of sp³-hybridized carbons (Fsp3) is 0.533. The molecule has 0 N–H and O–H groups in total. The van der Waals surface area contributed by atoms with Crippen LogP contribution in [0.3, 0.4) is 0 Å². The molecular formula is C15H19NOS2. The van der Waals surface area contributed by atoms with Crippen molar-refractivity contribution in [1.29, 1.82) is 0 Å². The molecule has 1 atom stereocenters. The van der Waals surface area contributed by atoms with Gasteiger partial charge in [-0.3, -0.25) is 0 Å².